The van der Waals surface area contributed by atoms with Gasteiger partial charge in [-0.1, -0.05) is 0 Å². The number of fused-ring (bicyclic) bond motifs is 1. The van der Waals surface area contributed by atoms with Gasteiger partial charge in [0, 0.05) is 12.4 Å². The lowest BCUT2D eigenvalue weighted by Crippen LogP contribution is -2.12. The zero-order valence-electron chi connectivity index (χ0n) is 9.25. The number of hydrogen-bond acceptors (Lipinski definition) is 7. The number of nitrogens with one attached hydrogen (secondary N) is 1. The topological polar surface area (TPSA) is 102 Å². The van der Waals surface area contributed by atoms with Crippen LogP contribution in [0, 0.1) is 0 Å². The third-order valence-corrected chi connectivity index (χ3v) is 4.19. The Balaban J connectivity index is 2.12. The molecule has 0 unspecified atom stereocenters. The summed E-state index contributed by atoms with van der Waals surface area (Å²) >= 11 is 2.77. The van der Waals surface area contributed by atoms with E-state index >= 15 is 0 Å². The van der Waals surface area contributed by atoms with Crippen molar-refractivity contribution in [3.8, 4) is 0 Å². The number of aromatic nitrogens is 5. The van der Waals surface area contributed by atoms with Crippen LogP contribution < -0.4 is 11.4 Å². The number of H-pyrrole nitrogens is 1. The minimum Gasteiger partial charge on any atom is -0.368 e. The van der Waals surface area contributed by atoms with E-state index in [0.29, 0.717) is 10.2 Å². The second-order valence-electron chi connectivity index (χ2n) is 3.50. The number of nitrogens with two attached hydrogens (primary N) is 1. The summed E-state index contributed by atoms with van der Waals surface area (Å²) < 4.78 is 1.42. The van der Waals surface area contributed by atoms with Crippen LogP contribution in [0.2, 0.25) is 0 Å². The molecule has 3 rings (SSSR count). The highest BCUT2D eigenvalue weighted by Gasteiger charge is 2.12. The molecule has 0 aliphatic carbocycles. The first-order chi connectivity index (χ1) is 8.65. The number of rotatable bonds is 2. The summed E-state index contributed by atoms with van der Waals surface area (Å²) in [5.41, 5.74) is 5.39. The molecule has 0 atom stereocenters. The molecule has 3 aromatic heterocycles. The molecule has 0 saturated heterocycles. The number of aromatic amines is 1. The van der Waals surface area contributed by atoms with E-state index in [1.165, 1.54) is 27.7 Å². The first-order valence-corrected chi connectivity index (χ1v) is 6.65. The van der Waals surface area contributed by atoms with E-state index in [4.69, 9.17) is 5.73 Å². The second-order valence-corrected chi connectivity index (χ2v) is 5.35. The van der Waals surface area contributed by atoms with Gasteiger partial charge in [0.2, 0.25) is 5.95 Å². The molecule has 3 N–H and O–H groups in total. The van der Waals surface area contributed by atoms with Gasteiger partial charge in [-0.2, -0.15) is 0 Å². The van der Waals surface area contributed by atoms with Gasteiger partial charge in [0.15, 0.2) is 5.16 Å². The van der Waals surface area contributed by atoms with Gasteiger partial charge in [0.1, 0.15) is 9.86 Å². The standard InChI is InChI=1S/C9H8N6OS2/c1-15-8(16)13-14-9(15)18-6-4-2-3-17-5(4)11-7(10)12-6/h2-3H,1H3,(H,13,16)(H2,10,11,12). The van der Waals surface area contributed by atoms with Crippen LogP contribution in [0.1, 0.15) is 0 Å². The van der Waals surface area contributed by atoms with Crippen molar-refractivity contribution in [2.75, 3.05) is 5.73 Å². The Labute approximate surface area is 109 Å². The molecule has 3 aromatic rings. The Morgan fingerprint density at radius 3 is 3.06 bits per heavy atom. The Morgan fingerprint density at radius 2 is 2.33 bits per heavy atom. The zero-order chi connectivity index (χ0) is 12.7. The Kier molecular flexibility index (Phi) is 2.56. The largest absolute Gasteiger partial charge is 0.368 e. The molecule has 7 nitrogen and oxygen atoms in total. The Bertz CT molecular complexity index is 773. The van der Waals surface area contributed by atoms with Gasteiger partial charge in [0.25, 0.3) is 0 Å². The maximum absolute atomic E-state index is 11.3. The summed E-state index contributed by atoms with van der Waals surface area (Å²) in [7, 11) is 1.64. The van der Waals surface area contributed by atoms with Gasteiger partial charge >= 0.3 is 5.69 Å². The molecule has 0 aliphatic heterocycles. The molecule has 92 valence electrons. The fourth-order valence-electron chi connectivity index (χ4n) is 1.43. The van der Waals surface area contributed by atoms with Crippen LogP contribution in [0.4, 0.5) is 5.95 Å². The van der Waals surface area contributed by atoms with Crippen molar-refractivity contribution in [2.45, 2.75) is 10.2 Å². The fourth-order valence-corrected chi connectivity index (χ4v) is 3.17. The Morgan fingerprint density at radius 1 is 1.50 bits per heavy atom. The molecule has 0 aromatic carbocycles. The SMILES string of the molecule is Cn1c(Sc2nc(N)nc3sccc23)n[nH]c1=O. The maximum Gasteiger partial charge on any atom is 0.343 e. The Hall–Kier alpha value is -1.87. The third kappa shape index (κ3) is 1.77. The van der Waals surface area contributed by atoms with Crippen molar-refractivity contribution in [3.63, 3.8) is 0 Å². The molecular weight excluding hydrogens is 272 g/mol. The number of nitrogen functional groups attached to an aromatic ring is 1. The fraction of sp³-hybridized carbons (Fsp3) is 0.111. The van der Waals surface area contributed by atoms with Gasteiger partial charge in [-0.3, -0.25) is 4.57 Å². The van der Waals surface area contributed by atoms with E-state index < -0.39 is 0 Å². The van der Waals surface area contributed by atoms with Crippen LogP contribution in [0.15, 0.2) is 26.4 Å². The van der Waals surface area contributed by atoms with Crippen molar-refractivity contribution in [2.24, 2.45) is 7.05 Å². The summed E-state index contributed by atoms with van der Waals surface area (Å²) in [5, 5.41) is 10.4. The lowest BCUT2D eigenvalue weighted by molar-refractivity contribution is 0.765. The van der Waals surface area contributed by atoms with Gasteiger partial charge in [-0.25, -0.2) is 19.9 Å². The average Bonchev–Trinajstić information content (AvgIpc) is 2.90. The lowest BCUT2D eigenvalue weighted by Gasteiger charge is -2.02. The molecule has 3 heterocycles. The van der Waals surface area contributed by atoms with Gasteiger partial charge < -0.3 is 5.73 Å². The van der Waals surface area contributed by atoms with Crippen molar-refractivity contribution in [1.29, 1.82) is 0 Å². The number of anilines is 1. The van der Waals surface area contributed by atoms with Crippen molar-refractivity contribution < 1.29 is 0 Å². The first kappa shape index (κ1) is 11.2. The van der Waals surface area contributed by atoms with Gasteiger partial charge in [-0.15, -0.1) is 16.4 Å². The lowest BCUT2D eigenvalue weighted by atomic mass is 10.4. The highest BCUT2D eigenvalue weighted by atomic mass is 32.2. The second kappa shape index (κ2) is 4.10. The van der Waals surface area contributed by atoms with E-state index in [1.807, 2.05) is 11.4 Å². The predicted octanol–water partition coefficient (Wildman–Crippen LogP) is 0.846. The van der Waals surface area contributed by atoms with Crippen molar-refractivity contribution >= 4 is 39.3 Å². The van der Waals surface area contributed by atoms with Crippen LogP contribution in [0.5, 0.6) is 0 Å². The monoisotopic (exact) mass is 280 g/mol. The summed E-state index contributed by atoms with van der Waals surface area (Å²) in [6, 6.07) is 1.92. The van der Waals surface area contributed by atoms with Gasteiger partial charge in [0.05, 0.1) is 0 Å². The molecule has 0 saturated carbocycles. The quantitative estimate of drug-likeness (QED) is 0.674. The minimum absolute atomic E-state index is 0.216. The van der Waals surface area contributed by atoms with E-state index in [0.717, 1.165) is 10.2 Å². The molecule has 0 radical (unpaired) electrons. The highest BCUT2D eigenvalue weighted by Crippen LogP contribution is 2.32. The van der Waals surface area contributed by atoms with Crippen molar-refractivity contribution in [3.05, 3.63) is 21.9 Å². The van der Waals surface area contributed by atoms with E-state index in [1.54, 1.807) is 7.05 Å². The third-order valence-electron chi connectivity index (χ3n) is 2.33. The molecular formula is C9H8N6OS2. The van der Waals surface area contributed by atoms with Gasteiger partial charge in [-0.05, 0) is 23.2 Å². The summed E-state index contributed by atoms with van der Waals surface area (Å²) in [4.78, 5) is 20.4. The number of nitrogens with zero attached hydrogens (tertiary/aromatic N) is 4. The molecule has 0 spiro atoms. The molecule has 0 fully saturated rings. The maximum atomic E-state index is 11.3. The van der Waals surface area contributed by atoms with Crippen LogP contribution >= 0.6 is 23.1 Å². The van der Waals surface area contributed by atoms with Crippen LogP contribution in [-0.2, 0) is 7.05 Å². The van der Waals surface area contributed by atoms with E-state index in [2.05, 4.69) is 20.2 Å². The van der Waals surface area contributed by atoms with Crippen LogP contribution in [-0.4, -0.2) is 24.7 Å². The van der Waals surface area contributed by atoms with Crippen LogP contribution in [0.25, 0.3) is 10.2 Å². The first-order valence-electron chi connectivity index (χ1n) is 4.95. The molecule has 18 heavy (non-hydrogen) atoms. The smallest absolute Gasteiger partial charge is 0.343 e. The minimum atomic E-state index is -0.263. The van der Waals surface area contributed by atoms with Crippen LogP contribution in [0.3, 0.4) is 0 Å². The summed E-state index contributed by atoms with van der Waals surface area (Å²) in [5.74, 6) is 0.216. The van der Waals surface area contributed by atoms with E-state index in [9.17, 15) is 4.79 Å². The highest BCUT2D eigenvalue weighted by molar-refractivity contribution is 7.99. The molecule has 0 bridgehead atoms. The summed E-state index contributed by atoms with van der Waals surface area (Å²) in [6.07, 6.45) is 0. The summed E-state index contributed by atoms with van der Waals surface area (Å²) in [6.45, 7) is 0. The molecule has 0 aliphatic rings. The normalized spacial score (nSPS) is 11.2. The number of thiophene rings is 1. The average molecular weight is 280 g/mol. The molecule has 0 amide bonds. The molecule has 9 heteroatoms. The number of hydrogen-bond donors (Lipinski definition) is 2. The van der Waals surface area contributed by atoms with Crippen molar-refractivity contribution in [1.82, 2.24) is 24.7 Å². The predicted molar refractivity (Wildman–Crippen MR) is 69.8 cm³/mol. The van der Waals surface area contributed by atoms with E-state index in [-0.39, 0.29) is 11.6 Å². The zero-order valence-corrected chi connectivity index (χ0v) is 10.9.